The predicted octanol–water partition coefficient (Wildman–Crippen LogP) is 1.80. The molecule has 0 aliphatic heterocycles. The molecule has 1 heterocycles. The van der Waals surface area contributed by atoms with Crippen LogP contribution in [-0.4, -0.2) is 16.8 Å². The van der Waals surface area contributed by atoms with Gasteiger partial charge < -0.3 is 5.32 Å². The SMILES string of the molecule is C=C(C)c1c(C)nn(C)c1NC. The number of anilines is 1. The Balaban J connectivity index is 3.32. The first-order chi connectivity index (χ1) is 5.57. The van der Waals surface area contributed by atoms with Gasteiger partial charge in [0.05, 0.1) is 5.69 Å². The minimum absolute atomic E-state index is 1.02. The van der Waals surface area contributed by atoms with E-state index in [0.29, 0.717) is 0 Å². The van der Waals surface area contributed by atoms with Crippen LogP contribution in [0.4, 0.5) is 5.82 Å². The number of rotatable bonds is 2. The van der Waals surface area contributed by atoms with Crippen molar-refractivity contribution in [3.8, 4) is 0 Å². The van der Waals surface area contributed by atoms with E-state index in [0.717, 1.165) is 22.6 Å². The van der Waals surface area contributed by atoms with Gasteiger partial charge in [0.25, 0.3) is 0 Å². The Bertz CT molecular complexity index is 310. The molecule has 1 aromatic heterocycles. The number of nitrogens with zero attached hydrogens (tertiary/aromatic N) is 2. The average molecular weight is 165 g/mol. The van der Waals surface area contributed by atoms with Crippen LogP contribution in [-0.2, 0) is 7.05 Å². The topological polar surface area (TPSA) is 29.9 Å². The molecular weight excluding hydrogens is 150 g/mol. The Labute approximate surface area is 73.1 Å². The molecule has 0 atom stereocenters. The highest BCUT2D eigenvalue weighted by Gasteiger charge is 2.11. The van der Waals surface area contributed by atoms with E-state index in [1.165, 1.54) is 0 Å². The summed E-state index contributed by atoms with van der Waals surface area (Å²) in [6, 6.07) is 0. The molecule has 0 saturated carbocycles. The normalized spacial score (nSPS) is 10.0. The number of nitrogens with one attached hydrogen (secondary N) is 1. The lowest BCUT2D eigenvalue weighted by molar-refractivity contribution is 0.763. The van der Waals surface area contributed by atoms with Gasteiger partial charge in [-0.2, -0.15) is 5.10 Å². The number of aryl methyl sites for hydroxylation is 2. The van der Waals surface area contributed by atoms with Crippen molar-refractivity contribution in [3.63, 3.8) is 0 Å². The van der Waals surface area contributed by atoms with Crippen LogP contribution in [0.3, 0.4) is 0 Å². The zero-order valence-electron chi connectivity index (χ0n) is 8.10. The molecule has 0 fully saturated rings. The molecule has 0 spiro atoms. The summed E-state index contributed by atoms with van der Waals surface area (Å²) >= 11 is 0. The lowest BCUT2D eigenvalue weighted by atomic mass is 10.1. The van der Waals surface area contributed by atoms with Crippen molar-refractivity contribution in [1.82, 2.24) is 9.78 Å². The molecule has 1 aromatic rings. The monoisotopic (exact) mass is 165 g/mol. The standard InChI is InChI=1S/C9H15N3/c1-6(2)8-7(3)11-12(5)9(8)10-4/h10H,1H2,2-5H3. The van der Waals surface area contributed by atoms with Gasteiger partial charge in [0.2, 0.25) is 0 Å². The van der Waals surface area contributed by atoms with Gasteiger partial charge in [-0.15, -0.1) is 0 Å². The summed E-state index contributed by atoms with van der Waals surface area (Å²) in [7, 11) is 3.81. The third-order valence-electron chi connectivity index (χ3n) is 1.89. The summed E-state index contributed by atoms with van der Waals surface area (Å²) in [4.78, 5) is 0. The van der Waals surface area contributed by atoms with Crippen LogP contribution in [0.25, 0.3) is 5.57 Å². The molecule has 3 heteroatoms. The van der Waals surface area contributed by atoms with E-state index in [4.69, 9.17) is 0 Å². The Kier molecular flexibility index (Phi) is 2.22. The van der Waals surface area contributed by atoms with Crippen LogP contribution in [0.15, 0.2) is 6.58 Å². The largest absolute Gasteiger partial charge is 0.373 e. The van der Waals surface area contributed by atoms with Gasteiger partial charge >= 0.3 is 0 Å². The van der Waals surface area contributed by atoms with Crippen LogP contribution in [0, 0.1) is 6.92 Å². The summed E-state index contributed by atoms with van der Waals surface area (Å²) in [6.07, 6.45) is 0. The molecule has 0 aliphatic carbocycles. The van der Waals surface area contributed by atoms with E-state index < -0.39 is 0 Å². The number of hydrogen-bond acceptors (Lipinski definition) is 2. The predicted molar refractivity (Wildman–Crippen MR) is 52.2 cm³/mol. The zero-order chi connectivity index (χ0) is 9.30. The van der Waals surface area contributed by atoms with E-state index >= 15 is 0 Å². The van der Waals surface area contributed by atoms with E-state index in [2.05, 4.69) is 17.0 Å². The van der Waals surface area contributed by atoms with Crippen molar-refractivity contribution in [3.05, 3.63) is 17.8 Å². The lowest BCUT2D eigenvalue weighted by Gasteiger charge is -2.03. The molecule has 0 radical (unpaired) electrons. The minimum Gasteiger partial charge on any atom is -0.373 e. The van der Waals surface area contributed by atoms with E-state index in [9.17, 15) is 0 Å². The molecule has 0 aliphatic rings. The molecule has 0 aromatic carbocycles. The Morgan fingerprint density at radius 3 is 2.50 bits per heavy atom. The number of aromatic nitrogens is 2. The van der Waals surface area contributed by atoms with Gasteiger partial charge in [-0.1, -0.05) is 6.58 Å². The summed E-state index contributed by atoms with van der Waals surface area (Å²) in [5.74, 6) is 1.03. The average Bonchev–Trinajstić information content (AvgIpc) is 2.24. The summed E-state index contributed by atoms with van der Waals surface area (Å²) in [5, 5.41) is 7.40. The van der Waals surface area contributed by atoms with Gasteiger partial charge in [0.15, 0.2) is 0 Å². The van der Waals surface area contributed by atoms with Gasteiger partial charge in [-0.05, 0) is 19.4 Å². The van der Waals surface area contributed by atoms with Crippen molar-refractivity contribution >= 4 is 11.4 Å². The minimum atomic E-state index is 1.02. The second-order valence-electron chi connectivity index (χ2n) is 2.96. The van der Waals surface area contributed by atoms with E-state index in [-0.39, 0.29) is 0 Å². The maximum absolute atomic E-state index is 4.30. The maximum atomic E-state index is 4.30. The Hall–Kier alpha value is -1.25. The second-order valence-corrected chi connectivity index (χ2v) is 2.96. The smallest absolute Gasteiger partial charge is 0.131 e. The summed E-state index contributed by atoms with van der Waals surface area (Å²) < 4.78 is 1.83. The third-order valence-corrected chi connectivity index (χ3v) is 1.89. The van der Waals surface area contributed by atoms with Gasteiger partial charge in [-0.3, -0.25) is 4.68 Å². The van der Waals surface area contributed by atoms with Crippen molar-refractivity contribution in [1.29, 1.82) is 0 Å². The number of hydrogen-bond donors (Lipinski definition) is 1. The summed E-state index contributed by atoms with van der Waals surface area (Å²) in [6.45, 7) is 7.90. The van der Waals surface area contributed by atoms with Crippen LogP contribution >= 0.6 is 0 Å². The highest BCUT2D eigenvalue weighted by molar-refractivity contribution is 5.73. The molecule has 0 bridgehead atoms. The molecular formula is C9H15N3. The van der Waals surface area contributed by atoms with Gasteiger partial charge in [0, 0.05) is 19.7 Å². The Morgan fingerprint density at radius 1 is 1.58 bits per heavy atom. The van der Waals surface area contributed by atoms with Gasteiger partial charge in [-0.25, -0.2) is 0 Å². The fraction of sp³-hybridized carbons (Fsp3) is 0.444. The molecule has 0 saturated heterocycles. The molecule has 12 heavy (non-hydrogen) atoms. The lowest BCUT2D eigenvalue weighted by Crippen LogP contribution is -1.99. The zero-order valence-corrected chi connectivity index (χ0v) is 8.10. The summed E-state index contributed by atoms with van der Waals surface area (Å²) in [5.41, 5.74) is 3.19. The maximum Gasteiger partial charge on any atom is 0.131 e. The van der Waals surface area contributed by atoms with Crippen molar-refractivity contribution in [2.75, 3.05) is 12.4 Å². The van der Waals surface area contributed by atoms with Crippen LogP contribution in [0.2, 0.25) is 0 Å². The second kappa shape index (κ2) is 3.01. The highest BCUT2D eigenvalue weighted by atomic mass is 15.3. The molecule has 3 nitrogen and oxygen atoms in total. The van der Waals surface area contributed by atoms with Crippen LogP contribution in [0.1, 0.15) is 18.2 Å². The van der Waals surface area contributed by atoms with E-state index in [1.54, 1.807) is 0 Å². The van der Waals surface area contributed by atoms with E-state index in [1.807, 2.05) is 32.6 Å². The van der Waals surface area contributed by atoms with Crippen molar-refractivity contribution in [2.24, 2.45) is 7.05 Å². The van der Waals surface area contributed by atoms with Crippen LogP contribution in [0.5, 0.6) is 0 Å². The fourth-order valence-electron chi connectivity index (χ4n) is 1.46. The Morgan fingerprint density at radius 2 is 2.17 bits per heavy atom. The molecule has 0 unspecified atom stereocenters. The quantitative estimate of drug-likeness (QED) is 0.724. The molecule has 1 N–H and O–H groups in total. The van der Waals surface area contributed by atoms with Gasteiger partial charge in [0.1, 0.15) is 5.82 Å². The first-order valence-electron chi connectivity index (χ1n) is 3.95. The third kappa shape index (κ3) is 1.22. The van der Waals surface area contributed by atoms with Crippen molar-refractivity contribution in [2.45, 2.75) is 13.8 Å². The van der Waals surface area contributed by atoms with Crippen LogP contribution < -0.4 is 5.32 Å². The highest BCUT2D eigenvalue weighted by Crippen LogP contribution is 2.24. The fourth-order valence-corrected chi connectivity index (χ4v) is 1.46. The molecule has 66 valence electrons. The van der Waals surface area contributed by atoms with Crippen molar-refractivity contribution < 1.29 is 0 Å². The number of allylic oxidation sites excluding steroid dienone is 1. The first-order valence-corrected chi connectivity index (χ1v) is 3.95. The molecule has 1 rings (SSSR count). The first kappa shape index (κ1) is 8.84. The molecule has 0 amide bonds.